The Kier molecular flexibility index (Phi) is 6.07. The molecule has 1 saturated carbocycles. The molecule has 1 fully saturated rings. The lowest BCUT2D eigenvalue weighted by Gasteiger charge is -2.29. The van der Waals surface area contributed by atoms with Gasteiger partial charge >= 0.3 is 6.18 Å². The van der Waals surface area contributed by atoms with Crippen LogP contribution in [0.5, 0.6) is 0 Å². The molecule has 0 amide bonds. The number of benzene rings is 1. The second-order valence-electron chi connectivity index (χ2n) is 7.99. The molecule has 0 spiro atoms. The summed E-state index contributed by atoms with van der Waals surface area (Å²) >= 11 is 0. The van der Waals surface area contributed by atoms with Crippen LogP contribution in [0.1, 0.15) is 49.8 Å². The quantitative estimate of drug-likeness (QED) is 0.488. The molecule has 0 bridgehead atoms. The van der Waals surface area contributed by atoms with Gasteiger partial charge in [0, 0.05) is 17.0 Å². The van der Waals surface area contributed by atoms with Gasteiger partial charge in [0.15, 0.2) is 5.82 Å². The average Bonchev–Trinajstić information content (AvgIpc) is 3.05. The third-order valence-corrected chi connectivity index (χ3v) is 7.30. The van der Waals surface area contributed by atoms with E-state index in [9.17, 15) is 35.6 Å². The van der Waals surface area contributed by atoms with Crippen molar-refractivity contribution in [1.29, 1.82) is 5.26 Å². The number of nitrogens with one attached hydrogen (secondary N) is 1. The topological polar surface area (TPSA) is 101 Å². The molecule has 0 radical (unpaired) electrons. The molecule has 2 heterocycles. The van der Waals surface area contributed by atoms with Gasteiger partial charge in [0.05, 0.1) is 23.5 Å². The van der Waals surface area contributed by atoms with Crippen molar-refractivity contribution < 1.29 is 30.4 Å². The minimum atomic E-state index is -4.78. The van der Waals surface area contributed by atoms with Gasteiger partial charge in [0.1, 0.15) is 22.7 Å². The van der Waals surface area contributed by atoms with E-state index in [2.05, 4.69) is 9.97 Å². The maximum Gasteiger partial charge on any atom is 0.404 e. The van der Waals surface area contributed by atoms with E-state index in [0.29, 0.717) is 17.8 Å². The lowest BCUT2D eigenvalue weighted by atomic mass is 9.92. The minimum absolute atomic E-state index is 0.0293. The molecule has 2 aromatic heterocycles. The molecule has 34 heavy (non-hydrogen) atoms. The van der Waals surface area contributed by atoms with E-state index < -0.39 is 33.6 Å². The van der Waals surface area contributed by atoms with Crippen molar-refractivity contribution >= 4 is 20.9 Å². The van der Waals surface area contributed by atoms with Gasteiger partial charge in [-0.3, -0.25) is 0 Å². The van der Waals surface area contributed by atoms with Gasteiger partial charge in [-0.25, -0.2) is 27.2 Å². The van der Waals surface area contributed by atoms with E-state index in [0.717, 1.165) is 31.7 Å². The molecular formula is C21H18F5N5O2S. The first-order chi connectivity index (χ1) is 15.9. The number of rotatable bonds is 6. The van der Waals surface area contributed by atoms with Crippen LogP contribution in [0.2, 0.25) is 0 Å². The summed E-state index contributed by atoms with van der Waals surface area (Å²) in [6.07, 6.45) is -3.32. The standard InChI is InChI=1S/C21H18F5N5O2S/c1-11(21(24,25)26)30-34(32,33)14-9-28-20(29-10-14)18-16(8-27)15-7-12(19(22)23)5-6-17(15)31(18)13-3-2-4-13/h5-7,9-11,13,19,30H,2-4H2,1H3. The predicted molar refractivity (Wildman–Crippen MR) is 111 cm³/mol. The number of hydrogen-bond donors (Lipinski definition) is 1. The maximum absolute atomic E-state index is 13.3. The Balaban J connectivity index is 1.81. The molecule has 0 saturated heterocycles. The number of alkyl halides is 5. The largest absolute Gasteiger partial charge is 0.404 e. The van der Waals surface area contributed by atoms with Crippen LogP contribution in [-0.2, 0) is 10.0 Å². The number of fused-ring (bicyclic) bond motifs is 1. The molecule has 1 aliphatic carbocycles. The summed E-state index contributed by atoms with van der Waals surface area (Å²) in [5.41, 5.74) is 0.591. The van der Waals surface area contributed by atoms with E-state index in [1.165, 1.54) is 22.9 Å². The normalized spacial score (nSPS) is 15.9. The molecule has 180 valence electrons. The van der Waals surface area contributed by atoms with Crippen molar-refractivity contribution in [3.8, 4) is 17.6 Å². The summed E-state index contributed by atoms with van der Waals surface area (Å²) < 4.78 is 92.8. The molecular weight excluding hydrogens is 481 g/mol. The van der Waals surface area contributed by atoms with Crippen LogP contribution < -0.4 is 4.72 Å². The fraction of sp³-hybridized carbons (Fsp3) is 0.381. The number of sulfonamides is 1. The summed E-state index contributed by atoms with van der Waals surface area (Å²) in [5.74, 6) is -0.0407. The molecule has 4 rings (SSSR count). The van der Waals surface area contributed by atoms with Gasteiger partial charge in [-0.15, -0.1) is 0 Å². The van der Waals surface area contributed by atoms with Crippen LogP contribution in [0.15, 0.2) is 35.5 Å². The van der Waals surface area contributed by atoms with Gasteiger partial charge in [0.2, 0.25) is 10.0 Å². The van der Waals surface area contributed by atoms with Crippen molar-refractivity contribution in [2.75, 3.05) is 0 Å². The van der Waals surface area contributed by atoms with E-state index in [4.69, 9.17) is 0 Å². The zero-order valence-corrected chi connectivity index (χ0v) is 18.5. The molecule has 1 N–H and O–H groups in total. The Labute approximate surface area is 191 Å². The van der Waals surface area contributed by atoms with Gasteiger partial charge in [-0.1, -0.05) is 6.07 Å². The Morgan fingerprint density at radius 3 is 2.35 bits per heavy atom. The number of hydrogen-bond acceptors (Lipinski definition) is 5. The first-order valence-corrected chi connectivity index (χ1v) is 11.7. The van der Waals surface area contributed by atoms with E-state index in [-0.39, 0.29) is 28.7 Å². The number of halogens is 5. The fourth-order valence-corrected chi connectivity index (χ4v) is 4.89. The van der Waals surface area contributed by atoms with Crippen molar-refractivity contribution in [2.24, 2.45) is 0 Å². The van der Waals surface area contributed by atoms with E-state index >= 15 is 0 Å². The third-order valence-electron chi connectivity index (χ3n) is 5.80. The summed E-state index contributed by atoms with van der Waals surface area (Å²) in [4.78, 5) is 7.45. The Bertz CT molecular complexity index is 1370. The summed E-state index contributed by atoms with van der Waals surface area (Å²) in [6, 6.07) is 3.67. The van der Waals surface area contributed by atoms with Gasteiger partial charge in [-0.05, 0) is 38.3 Å². The number of aromatic nitrogens is 3. The molecule has 1 atom stereocenters. The zero-order valence-electron chi connectivity index (χ0n) is 17.6. The highest BCUT2D eigenvalue weighted by molar-refractivity contribution is 7.89. The maximum atomic E-state index is 13.3. The smallest absolute Gasteiger partial charge is 0.334 e. The molecule has 1 unspecified atom stereocenters. The van der Waals surface area contributed by atoms with Crippen LogP contribution in [0, 0.1) is 11.3 Å². The van der Waals surface area contributed by atoms with Crippen molar-refractivity contribution in [3.63, 3.8) is 0 Å². The highest BCUT2D eigenvalue weighted by atomic mass is 32.2. The van der Waals surface area contributed by atoms with Crippen LogP contribution in [0.4, 0.5) is 22.0 Å². The summed E-state index contributed by atoms with van der Waals surface area (Å²) in [5, 5.41) is 10.1. The first kappa shape index (κ1) is 24.0. The average molecular weight is 499 g/mol. The number of nitriles is 1. The van der Waals surface area contributed by atoms with Crippen LogP contribution >= 0.6 is 0 Å². The second-order valence-corrected chi connectivity index (χ2v) is 9.71. The van der Waals surface area contributed by atoms with Gasteiger partial charge in [-0.2, -0.15) is 23.2 Å². The summed E-state index contributed by atoms with van der Waals surface area (Å²) in [6.45, 7) is 0.663. The van der Waals surface area contributed by atoms with Crippen LogP contribution in [0.25, 0.3) is 22.4 Å². The predicted octanol–water partition coefficient (Wildman–Crippen LogP) is 4.86. The Morgan fingerprint density at radius 2 is 1.85 bits per heavy atom. The molecule has 1 aliphatic rings. The molecule has 3 aromatic rings. The summed E-state index contributed by atoms with van der Waals surface area (Å²) in [7, 11) is -4.57. The molecule has 13 heteroatoms. The van der Waals surface area contributed by atoms with Crippen LogP contribution in [-0.4, -0.2) is 35.2 Å². The van der Waals surface area contributed by atoms with Gasteiger partial charge in [0.25, 0.3) is 6.43 Å². The third kappa shape index (κ3) is 4.23. The highest BCUT2D eigenvalue weighted by Gasteiger charge is 2.39. The van der Waals surface area contributed by atoms with E-state index in [1.807, 2.05) is 6.07 Å². The lowest BCUT2D eigenvalue weighted by molar-refractivity contribution is -0.147. The Hall–Kier alpha value is -3.11. The van der Waals surface area contributed by atoms with Crippen molar-refractivity contribution in [1.82, 2.24) is 19.3 Å². The second kappa shape index (κ2) is 8.59. The monoisotopic (exact) mass is 499 g/mol. The molecule has 1 aromatic carbocycles. The number of nitrogens with zero attached hydrogens (tertiary/aromatic N) is 4. The first-order valence-electron chi connectivity index (χ1n) is 10.2. The van der Waals surface area contributed by atoms with Crippen molar-refractivity contribution in [3.05, 3.63) is 41.7 Å². The van der Waals surface area contributed by atoms with Crippen LogP contribution in [0.3, 0.4) is 0 Å². The van der Waals surface area contributed by atoms with E-state index in [1.54, 1.807) is 4.57 Å². The fourth-order valence-electron chi connectivity index (χ4n) is 3.77. The minimum Gasteiger partial charge on any atom is -0.334 e. The SMILES string of the molecule is CC(NS(=O)(=O)c1cnc(-c2c(C#N)c3cc(C(F)F)ccc3n2C2CCC2)nc1)C(F)(F)F. The highest BCUT2D eigenvalue weighted by Crippen LogP contribution is 2.42. The zero-order chi connectivity index (χ0) is 24.8. The lowest BCUT2D eigenvalue weighted by Crippen LogP contribution is -2.43. The molecule has 0 aliphatic heterocycles. The Morgan fingerprint density at radius 1 is 1.21 bits per heavy atom. The molecule has 7 nitrogen and oxygen atoms in total. The van der Waals surface area contributed by atoms with Crippen molar-refractivity contribution in [2.45, 2.75) is 55.8 Å². The van der Waals surface area contributed by atoms with Gasteiger partial charge < -0.3 is 4.57 Å².